The van der Waals surface area contributed by atoms with Crippen molar-refractivity contribution in [1.82, 2.24) is 19.5 Å². The second kappa shape index (κ2) is 13.4. The minimum Gasteiger partial charge on any atom is -0.456 e. The van der Waals surface area contributed by atoms with Crippen LogP contribution in [0, 0.1) is 0 Å². The van der Waals surface area contributed by atoms with Crippen LogP contribution in [-0.2, 0) is 0 Å². The third kappa shape index (κ3) is 5.28. The average molecular weight is 815 g/mol. The number of furan rings is 1. The summed E-state index contributed by atoms with van der Waals surface area (Å²) in [5.74, 6) is 1.73. The Hall–Kier alpha value is -8.67. The van der Waals surface area contributed by atoms with Crippen molar-refractivity contribution in [3.8, 4) is 39.9 Å². The van der Waals surface area contributed by atoms with Gasteiger partial charge in [0.2, 0.25) is 5.95 Å². The molecular weight excluding hydrogens is 781 g/mol. The van der Waals surface area contributed by atoms with E-state index in [0.717, 1.165) is 82.2 Å². The van der Waals surface area contributed by atoms with Crippen LogP contribution in [0.5, 0.6) is 0 Å². The summed E-state index contributed by atoms with van der Waals surface area (Å²) in [5.41, 5.74) is 7.87. The molecule has 64 heavy (non-hydrogen) atoms. The molecule has 0 atom stereocenters. The van der Waals surface area contributed by atoms with Crippen LogP contribution in [0.4, 0.5) is 0 Å². The maximum Gasteiger partial charge on any atom is 0.238 e. The van der Waals surface area contributed by atoms with Crippen LogP contribution in [0.2, 0.25) is 0 Å². The molecule has 0 saturated heterocycles. The fourth-order valence-electron chi connectivity index (χ4n) is 10.1. The number of benzene rings is 11. The molecule has 0 aliphatic rings. The van der Waals surface area contributed by atoms with Gasteiger partial charge in [-0.15, -0.1) is 0 Å². The number of fused-ring (bicyclic) bond motifs is 12. The van der Waals surface area contributed by atoms with E-state index >= 15 is 0 Å². The molecule has 0 bridgehead atoms. The molecule has 0 spiro atoms. The summed E-state index contributed by atoms with van der Waals surface area (Å²) >= 11 is 0. The lowest BCUT2D eigenvalue weighted by atomic mass is 9.93. The Morgan fingerprint density at radius 2 is 0.875 bits per heavy atom. The third-order valence-electron chi connectivity index (χ3n) is 13.2. The smallest absolute Gasteiger partial charge is 0.238 e. The quantitative estimate of drug-likeness (QED) is 0.178. The van der Waals surface area contributed by atoms with Crippen molar-refractivity contribution in [3.05, 3.63) is 206 Å². The zero-order valence-electron chi connectivity index (χ0n) is 34.3. The highest BCUT2D eigenvalue weighted by Crippen LogP contribution is 2.41. The van der Waals surface area contributed by atoms with Gasteiger partial charge in [0, 0.05) is 32.7 Å². The molecule has 3 aromatic heterocycles. The standard InChI is InChI=1S/C59H34N4O/c1-2-13-37-29-42(22-21-35(37)11-1)44-25-26-48(47-20-10-9-19-46(44)47)58-60-57(43-24-28-54-49(32-43)50-30-38-14-4-6-17-41(38)34-55(50)64-54)61-59(62-58)63-52-27-23-36-12-7-8-18-45(36)56(52)51-31-39-15-3-5-16-40(39)33-53(51)63/h1-34H. The molecule has 0 saturated carbocycles. The lowest BCUT2D eigenvalue weighted by Gasteiger charge is -2.14. The molecule has 11 aromatic carbocycles. The highest BCUT2D eigenvalue weighted by Gasteiger charge is 2.22. The Morgan fingerprint density at radius 3 is 1.66 bits per heavy atom. The topological polar surface area (TPSA) is 56.7 Å². The van der Waals surface area contributed by atoms with Crippen molar-refractivity contribution in [3.63, 3.8) is 0 Å². The second-order valence-electron chi connectivity index (χ2n) is 16.8. The van der Waals surface area contributed by atoms with Gasteiger partial charge in [-0.05, 0) is 126 Å². The summed E-state index contributed by atoms with van der Waals surface area (Å²) in [7, 11) is 0. The summed E-state index contributed by atoms with van der Waals surface area (Å²) in [6.07, 6.45) is 0. The van der Waals surface area contributed by atoms with Gasteiger partial charge in [-0.2, -0.15) is 9.97 Å². The van der Waals surface area contributed by atoms with Gasteiger partial charge in [-0.1, -0.05) is 146 Å². The molecule has 0 unspecified atom stereocenters. The molecule has 3 heterocycles. The maximum atomic E-state index is 6.46. The monoisotopic (exact) mass is 814 g/mol. The van der Waals surface area contributed by atoms with E-state index in [4.69, 9.17) is 19.4 Å². The van der Waals surface area contributed by atoms with E-state index in [1.165, 1.54) is 37.7 Å². The molecule has 14 aromatic rings. The van der Waals surface area contributed by atoms with E-state index in [9.17, 15) is 0 Å². The van der Waals surface area contributed by atoms with Crippen LogP contribution < -0.4 is 0 Å². The minimum absolute atomic E-state index is 0.552. The number of hydrogen-bond donors (Lipinski definition) is 0. The predicted octanol–water partition coefficient (Wildman–Crippen LogP) is 15.6. The Morgan fingerprint density at radius 1 is 0.312 bits per heavy atom. The van der Waals surface area contributed by atoms with Gasteiger partial charge >= 0.3 is 0 Å². The van der Waals surface area contributed by atoms with Crippen LogP contribution in [0.25, 0.3) is 137 Å². The normalized spacial score (nSPS) is 12.1. The number of aromatic nitrogens is 4. The second-order valence-corrected chi connectivity index (χ2v) is 16.8. The van der Waals surface area contributed by atoms with Crippen molar-refractivity contribution in [2.24, 2.45) is 0 Å². The van der Waals surface area contributed by atoms with E-state index in [2.05, 4.69) is 205 Å². The van der Waals surface area contributed by atoms with Crippen molar-refractivity contribution in [1.29, 1.82) is 0 Å². The van der Waals surface area contributed by atoms with Gasteiger partial charge in [0.25, 0.3) is 0 Å². The van der Waals surface area contributed by atoms with E-state index in [1.807, 2.05) is 6.07 Å². The van der Waals surface area contributed by atoms with Gasteiger partial charge in [-0.3, -0.25) is 4.57 Å². The molecule has 0 aliphatic heterocycles. The minimum atomic E-state index is 0.552. The van der Waals surface area contributed by atoms with Crippen molar-refractivity contribution in [2.45, 2.75) is 0 Å². The highest BCUT2D eigenvalue weighted by molar-refractivity contribution is 6.23. The van der Waals surface area contributed by atoms with Gasteiger partial charge in [0.1, 0.15) is 11.2 Å². The first-order valence-corrected chi connectivity index (χ1v) is 21.7. The molecule has 296 valence electrons. The molecular formula is C59H34N4O. The van der Waals surface area contributed by atoms with Gasteiger partial charge in [-0.25, -0.2) is 4.98 Å². The van der Waals surface area contributed by atoms with Gasteiger partial charge < -0.3 is 4.42 Å². The fourth-order valence-corrected chi connectivity index (χ4v) is 10.1. The highest BCUT2D eigenvalue weighted by atomic mass is 16.3. The molecule has 0 N–H and O–H groups in total. The van der Waals surface area contributed by atoms with E-state index in [1.54, 1.807) is 0 Å². The lowest BCUT2D eigenvalue weighted by Crippen LogP contribution is -2.06. The summed E-state index contributed by atoms with van der Waals surface area (Å²) in [6, 6.07) is 73.5. The molecule has 0 aliphatic carbocycles. The summed E-state index contributed by atoms with van der Waals surface area (Å²) in [6.45, 7) is 0. The first-order valence-electron chi connectivity index (χ1n) is 21.7. The molecule has 5 nitrogen and oxygen atoms in total. The first kappa shape index (κ1) is 35.0. The Kier molecular flexibility index (Phi) is 7.33. The summed E-state index contributed by atoms with van der Waals surface area (Å²) in [5, 5.41) is 16.0. The van der Waals surface area contributed by atoms with Crippen LogP contribution >= 0.6 is 0 Å². The molecule has 0 radical (unpaired) electrons. The average Bonchev–Trinajstić information content (AvgIpc) is 3.88. The molecule has 0 fully saturated rings. The number of rotatable bonds is 4. The SMILES string of the molecule is c1ccc2cc(-c3ccc(-c4nc(-c5ccc6oc7cc8ccccc8cc7c6c5)nc(-n5c6cc7ccccc7cc6c6c7ccccc7ccc65)n4)c4ccccc34)ccc2c1. The zero-order chi connectivity index (χ0) is 41.9. The zero-order valence-corrected chi connectivity index (χ0v) is 34.3. The van der Waals surface area contributed by atoms with Crippen LogP contribution in [0.15, 0.2) is 211 Å². The van der Waals surface area contributed by atoms with Gasteiger partial charge in [0.05, 0.1) is 11.0 Å². The third-order valence-corrected chi connectivity index (χ3v) is 13.2. The maximum absolute atomic E-state index is 6.46. The van der Waals surface area contributed by atoms with Crippen molar-refractivity contribution in [2.75, 3.05) is 0 Å². The van der Waals surface area contributed by atoms with Crippen LogP contribution in [-0.4, -0.2) is 19.5 Å². The Bertz CT molecular complexity index is 4270. The summed E-state index contributed by atoms with van der Waals surface area (Å²) in [4.78, 5) is 16.3. The Balaban J connectivity index is 1.05. The predicted molar refractivity (Wildman–Crippen MR) is 265 cm³/mol. The number of nitrogens with zero attached hydrogens (tertiary/aromatic N) is 4. The van der Waals surface area contributed by atoms with Gasteiger partial charge in [0.15, 0.2) is 11.6 Å². The number of hydrogen-bond acceptors (Lipinski definition) is 4. The van der Waals surface area contributed by atoms with Crippen LogP contribution in [0.1, 0.15) is 0 Å². The fraction of sp³-hybridized carbons (Fsp3) is 0. The van der Waals surface area contributed by atoms with E-state index < -0.39 is 0 Å². The molecule has 5 heteroatoms. The Labute approximate surface area is 366 Å². The van der Waals surface area contributed by atoms with Crippen LogP contribution in [0.3, 0.4) is 0 Å². The summed E-state index contributed by atoms with van der Waals surface area (Å²) < 4.78 is 8.69. The molecule has 14 rings (SSSR count). The molecule has 0 amide bonds. The first-order chi connectivity index (χ1) is 31.7. The lowest BCUT2D eigenvalue weighted by molar-refractivity contribution is 0.669. The van der Waals surface area contributed by atoms with E-state index in [0.29, 0.717) is 17.6 Å². The van der Waals surface area contributed by atoms with Crippen molar-refractivity contribution < 1.29 is 4.42 Å². The largest absolute Gasteiger partial charge is 0.456 e. The van der Waals surface area contributed by atoms with Crippen molar-refractivity contribution >= 4 is 97.6 Å². The van der Waals surface area contributed by atoms with E-state index in [-0.39, 0.29) is 0 Å².